The molecule has 140 valence electrons. The molecule has 2 aromatic rings. The SMILES string of the molecule is CC(C)(C)NS(=O)(=O)c1ccc(NC(=S)NC(=O)c2ccc(Br)o2)cc1. The van der Waals surface area contributed by atoms with Gasteiger partial charge in [0.25, 0.3) is 5.91 Å². The van der Waals surface area contributed by atoms with E-state index in [2.05, 4.69) is 31.3 Å². The molecule has 0 aliphatic rings. The lowest BCUT2D eigenvalue weighted by atomic mass is 10.1. The number of benzene rings is 1. The summed E-state index contributed by atoms with van der Waals surface area (Å²) in [6.45, 7) is 5.29. The van der Waals surface area contributed by atoms with Crippen molar-refractivity contribution in [3.8, 4) is 0 Å². The lowest BCUT2D eigenvalue weighted by molar-refractivity contribution is 0.0949. The summed E-state index contributed by atoms with van der Waals surface area (Å²) in [5.41, 5.74) is -0.0479. The van der Waals surface area contributed by atoms with Crippen LogP contribution in [-0.2, 0) is 10.0 Å². The Labute approximate surface area is 165 Å². The van der Waals surface area contributed by atoms with Gasteiger partial charge in [-0.05, 0) is 85.3 Å². The third kappa shape index (κ3) is 5.90. The number of hydrogen-bond acceptors (Lipinski definition) is 5. The predicted octanol–water partition coefficient (Wildman–Crippen LogP) is 3.25. The largest absolute Gasteiger partial charge is 0.444 e. The zero-order chi connectivity index (χ0) is 19.5. The summed E-state index contributed by atoms with van der Waals surface area (Å²) in [4.78, 5) is 12.1. The lowest BCUT2D eigenvalue weighted by Gasteiger charge is -2.20. The Kier molecular flexibility index (Phi) is 6.22. The van der Waals surface area contributed by atoms with E-state index in [4.69, 9.17) is 16.6 Å². The maximum Gasteiger partial charge on any atom is 0.293 e. The van der Waals surface area contributed by atoms with Crippen molar-refractivity contribution in [1.82, 2.24) is 10.0 Å². The van der Waals surface area contributed by atoms with E-state index < -0.39 is 21.5 Å². The average Bonchev–Trinajstić information content (AvgIpc) is 2.92. The summed E-state index contributed by atoms with van der Waals surface area (Å²) in [6, 6.07) is 9.10. The summed E-state index contributed by atoms with van der Waals surface area (Å²) in [7, 11) is -3.61. The Bertz CT molecular complexity index is 916. The molecule has 0 atom stereocenters. The number of hydrogen-bond donors (Lipinski definition) is 3. The molecule has 1 aromatic heterocycles. The topological polar surface area (TPSA) is 100 Å². The van der Waals surface area contributed by atoms with Gasteiger partial charge in [-0.3, -0.25) is 10.1 Å². The molecule has 26 heavy (non-hydrogen) atoms. The van der Waals surface area contributed by atoms with Crippen molar-refractivity contribution in [1.29, 1.82) is 0 Å². The molecular formula is C16H18BrN3O4S2. The number of thiocarbonyl (C=S) groups is 1. The fraction of sp³-hybridized carbons (Fsp3) is 0.250. The van der Waals surface area contributed by atoms with Crippen molar-refractivity contribution in [2.75, 3.05) is 5.32 Å². The van der Waals surface area contributed by atoms with Gasteiger partial charge in [0.05, 0.1) is 4.90 Å². The second kappa shape index (κ2) is 7.87. The minimum atomic E-state index is -3.61. The van der Waals surface area contributed by atoms with Crippen LogP contribution in [0.2, 0.25) is 0 Å². The summed E-state index contributed by atoms with van der Waals surface area (Å²) >= 11 is 8.18. The average molecular weight is 460 g/mol. The van der Waals surface area contributed by atoms with Gasteiger partial charge >= 0.3 is 0 Å². The van der Waals surface area contributed by atoms with E-state index >= 15 is 0 Å². The summed E-state index contributed by atoms with van der Waals surface area (Å²) in [5, 5.41) is 5.34. The van der Waals surface area contributed by atoms with Gasteiger partial charge in [-0.1, -0.05) is 0 Å². The zero-order valence-electron chi connectivity index (χ0n) is 14.3. The molecule has 0 unspecified atom stereocenters. The van der Waals surface area contributed by atoms with Crippen molar-refractivity contribution < 1.29 is 17.6 Å². The van der Waals surface area contributed by atoms with Crippen molar-refractivity contribution in [3.05, 3.63) is 46.8 Å². The second-order valence-electron chi connectivity index (χ2n) is 6.39. The van der Waals surface area contributed by atoms with Gasteiger partial charge in [-0.2, -0.15) is 0 Å². The van der Waals surface area contributed by atoms with Crippen molar-refractivity contribution in [2.24, 2.45) is 0 Å². The molecule has 0 aliphatic heterocycles. The molecule has 0 bridgehead atoms. The Morgan fingerprint density at radius 1 is 1.12 bits per heavy atom. The van der Waals surface area contributed by atoms with Gasteiger partial charge < -0.3 is 9.73 Å². The predicted molar refractivity (Wildman–Crippen MR) is 107 cm³/mol. The number of amides is 1. The summed E-state index contributed by atoms with van der Waals surface area (Å²) < 4.78 is 32.7. The monoisotopic (exact) mass is 459 g/mol. The van der Waals surface area contributed by atoms with Crippen LogP contribution in [0.3, 0.4) is 0 Å². The van der Waals surface area contributed by atoms with E-state index in [9.17, 15) is 13.2 Å². The number of sulfonamides is 1. The molecule has 1 heterocycles. The first kappa shape index (κ1) is 20.6. The van der Waals surface area contributed by atoms with E-state index in [1.807, 2.05) is 0 Å². The van der Waals surface area contributed by atoms with E-state index in [-0.39, 0.29) is 15.8 Å². The van der Waals surface area contributed by atoms with Gasteiger partial charge in [0.2, 0.25) is 10.0 Å². The van der Waals surface area contributed by atoms with Crippen LogP contribution in [0.15, 0.2) is 50.4 Å². The molecule has 3 N–H and O–H groups in total. The fourth-order valence-corrected chi connectivity index (χ4v) is 3.88. The van der Waals surface area contributed by atoms with Crippen LogP contribution >= 0.6 is 28.1 Å². The zero-order valence-corrected chi connectivity index (χ0v) is 17.5. The Balaban J connectivity index is 2.00. The molecule has 0 saturated carbocycles. The molecule has 7 nitrogen and oxygen atoms in total. The van der Waals surface area contributed by atoms with Gasteiger partial charge in [-0.15, -0.1) is 0 Å². The first-order valence-electron chi connectivity index (χ1n) is 7.48. The van der Waals surface area contributed by atoms with Gasteiger partial charge in [0, 0.05) is 11.2 Å². The van der Waals surface area contributed by atoms with E-state index in [1.165, 1.54) is 18.2 Å². The van der Waals surface area contributed by atoms with Crippen LogP contribution in [-0.4, -0.2) is 25.0 Å². The van der Waals surface area contributed by atoms with Gasteiger partial charge in [0.15, 0.2) is 15.5 Å². The fourth-order valence-electron chi connectivity index (χ4n) is 1.94. The maximum absolute atomic E-state index is 12.3. The minimum absolute atomic E-state index is 0.0611. The first-order valence-corrected chi connectivity index (χ1v) is 10.2. The molecule has 2 rings (SSSR count). The number of furan rings is 1. The number of anilines is 1. The maximum atomic E-state index is 12.3. The molecule has 0 fully saturated rings. The van der Waals surface area contributed by atoms with Crippen LogP contribution in [0.25, 0.3) is 0 Å². The van der Waals surface area contributed by atoms with Crippen LogP contribution in [0.4, 0.5) is 5.69 Å². The van der Waals surface area contributed by atoms with E-state index in [0.717, 1.165) is 0 Å². The molecule has 0 spiro atoms. The standard InChI is InChI=1S/C16H18BrN3O4S2/c1-16(2,3)20-26(22,23)11-6-4-10(5-7-11)18-15(25)19-14(21)12-8-9-13(17)24-12/h4-9,20H,1-3H3,(H2,18,19,21,25). The Hall–Kier alpha value is -1.75. The lowest BCUT2D eigenvalue weighted by Crippen LogP contribution is -2.40. The Morgan fingerprint density at radius 3 is 2.23 bits per heavy atom. The minimum Gasteiger partial charge on any atom is -0.444 e. The highest BCUT2D eigenvalue weighted by atomic mass is 79.9. The number of halogens is 1. The molecule has 0 radical (unpaired) electrons. The van der Waals surface area contributed by atoms with Crippen molar-refractivity contribution >= 4 is 54.9 Å². The normalized spacial score (nSPS) is 11.8. The second-order valence-corrected chi connectivity index (χ2v) is 9.26. The smallest absolute Gasteiger partial charge is 0.293 e. The third-order valence-electron chi connectivity index (χ3n) is 2.89. The van der Waals surface area contributed by atoms with Crippen LogP contribution in [0, 0.1) is 0 Å². The van der Waals surface area contributed by atoms with Gasteiger partial charge in [0.1, 0.15) is 0 Å². The number of nitrogens with one attached hydrogen (secondary N) is 3. The van der Waals surface area contributed by atoms with Crippen LogP contribution < -0.4 is 15.4 Å². The molecular weight excluding hydrogens is 442 g/mol. The van der Waals surface area contributed by atoms with E-state index in [1.54, 1.807) is 39.0 Å². The highest BCUT2D eigenvalue weighted by Crippen LogP contribution is 2.17. The Morgan fingerprint density at radius 2 is 1.73 bits per heavy atom. The number of rotatable bonds is 4. The third-order valence-corrected chi connectivity index (χ3v) is 5.29. The summed E-state index contributed by atoms with van der Waals surface area (Å²) in [5.74, 6) is -0.391. The van der Waals surface area contributed by atoms with Gasteiger partial charge in [-0.25, -0.2) is 13.1 Å². The molecule has 0 aliphatic carbocycles. The van der Waals surface area contributed by atoms with Crippen LogP contribution in [0.1, 0.15) is 31.3 Å². The summed E-state index contributed by atoms with van der Waals surface area (Å²) in [6.07, 6.45) is 0. The van der Waals surface area contributed by atoms with E-state index in [0.29, 0.717) is 10.4 Å². The molecule has 1 amide bonds. The molecule has 10 heteroatoms. The van der Waals surface area contributed by atoms with Crippen LogP contribution in [0.5, 0.6) is 0 Å². The van der Waals surface area contributed by atoms with Crippen molar-refractivity contribution in [2.45, 2.75) is 31.2 Å². The quantitative estimate of drug-likeness (QED) is 0.606. The molecule has 0 saturated heterocycles. The van der Waals surface area contributed by atoms with Crippen molar-refractivity contribution in [3.63, 3.8) is 0 Å². The molecule has 1 aromatic carbocycles. The highest BCUT2D eigenvalue weighted by molar-refractivity contribution is 9.10. The highest BCUT2D eigenvalue weighted by Gasteiger charge is 2.21. The number of carbonyl (C=O) groups excluding carboxylic acids is 1. The first-order chi connectivity index (χ1) is 12.0. The number of carbonyl (C=O) groups is 1.